The Kier molecular flexibility index (Phi) is 5.13. The monoisotopic (exact) mass is 403 g/mol. The fourth-order valence-corrected chi connectivity index (χ4v) is 2.32. The number of aliphatic imine (C=N–C) groups is 1. The van der Waals surface area contributed by atoms with Crippen LogP contribution >= 0.6 is 0 Å². The van der Waals surface area contributed by atoms with Gasteiger partial charge in [0.2, 0.25) is 5.75 Å². The van der Waals surface area contributed by atoms with Crippen LogP contribution in [0.2, 0.25) is 0 Å². The van der Waals surface area contributed by atoms with E-state index in [1.54, 1.807) is 12.1 Å². The van der Waals surface area contributed by atoms with Gasteiger partial charge >= 0.3 is 12.1 Å². The molecule has 0 radical (unpaired) electrons. The minimum atomic E-state index is -4.61. The van der Waals surface area contributed by atoms with E-state index in [4.69, 9.17) is 5.73 Å². The zero-order valence-corrected chi connectivity index (χ0v) is 14.4. The average Bonchev–Trinajstić information content (AvgIpc) is 2.70. The summed E-state index contributed by atoms with van der Waals surface area (Å²) in [6.45, 7) is 0. The van der Waals surface area contributed by atoms with Crippen molar-refractivity contribution in [1.29, 1.82) is 0 Å². The van der Waals surface area contributed by atoms with Crippen molar-refractivity contribution in [2.45, 2.75) is 6.18 Å². The Morgan fingerprint density at radius 3 is 2.59 bits per heavy atom. The highest BCUT2D eigenvalue weighted by molar-refractivity contribution is 6.09. The summed E-state index contributed by atoms with van der Waals surface area (Å²) in [5.41, 5.74) is 2.98. The second kappa shape index (κ2) is 7.54. The molecule has 0 aliphatic rings. The summed E-state index contributed by atoms with van der Waals surface area (Å²) < 4.78 is 38.5. The predicted octanol–water partition coefficient (Wildman–Crippen LogP) is 2.10. The number of nitrogens with zero attached hydrogens (tertiary/aromatic N) is 3. The first kappa shape index (κ1) is 19.7. The van der Waals surface area contributed by atoms with Crippen LogP contribution in [0.5, 0.6) is 5.75 Å². The third kappa shape index (κ3) is 4.29. The molecule has 0 spiro atoms. The maximum atomic E-state index is 12.8. The van der Waals surface area contributed by atoms with E-state index in [0.717, 1.165) is 18.2 Å². The Morgan fingerprint density at radius 2 is 1.93 bits per heavy atom. The molecular formula is C18H12F3N5O3. The van der Waals surface area contributed by atoms with Crippen LogP contribution in [-0.2, 0) is 6.18 Å². The molecule has 0 saturated heterocycles. The van der Waals surface area contributed by atoms with Crippen molar-refractivity contribution in [3.8, 4) is 17.3 Å². The van der Waals surface area contributed by atoms with Gasteiger partial charge in [0.05, 0.1) is 5.56 Å². The summed E-state index contributed by atoms with van der Waals surface area (Å²) in [6, 6.07) is 8.62. The Hall–Kier alpha value is -4.02. The Labute approximate surface area is 160 Å². The van der Waals surface area contributed by atoms with E-state index in [1.165, 1.54) is 18.3 Å². The molecule has 0 fully saturated rings. The van der Waals surface area contributed by atoms with Gasteiger partial charge in [-0.3, -0.25) is 14.6 Å². The highest BCUT2D eigenvalue weighted by atomic mass is 19.4. The zero-order chi connectivity index (χ0) is 21.2. The van der Waals surface area contributed by atoms with Gasteiger partial charge in [-0.05, 0) is 24.3 Å². The number of aromatic nitrogens is 3. The number of nitrogens with one attached hydrogen (secondary N) is 1. The number of carbonyl (C=O) groups excluding carboxylic acids is 1. The van der Waals surface area contributed by atoms with Crippen LogP contribution in [0.1, 0.15) is 21.6 Å². The smallest absolute Gasteiger partial charge is 0.416 e. The number of alkyl halides is 3. The topological polar surface area (TPSA) is 134 Å². The maximum Gasteiger partial charge on any atom is 0.416 e. The highest BCUT2D eigenvalue weighted by Crippen LogP contribution is 2.29. The lowest BCUT2D eigenvalue weighted by Gasteiger charge is -2.08. The van der Waals surface area contributed by atoms with Gasteiger partial charge in [-0.15, -0.1) is 0 Å². The fraction of sp³-hybridized carbons (Fsp3) is 0.0556. The fourth-order valence-electron chi connectivity index (χ4n) is 2.32. The lowest BCUT2D eigenvalue weighted by Crippen LogP contribution is -2.19. The third-order valence-corrected chi connectivity index (χ3v) is 3.71. The Morgan fingerprint density at radius 1 is 1.17 bits per heavy atom. The number of amidine groups is 1. The van der Waals surface area contributed by atoms with Crippen LogP contribution in [-0.4, -0.2) is 31.8 Å². The van der Waals surface area contributed by atoms with Crippen molar-refractivity contribution >= 4 is 11.7 Å². The van der Waals surface area contributed by atoms with Gasteiger partial charge in [-0.25, -0.2) is 4.98 Å². The van der Waals surface area contributed by atoms with Gasteiger partial charge in [-0.1, -0.05) is 18.2 Å². The number of aromatic hydroxyl groups is 1. The largest absolute Gasteiger partial charge is 0.501 e. The van der Waals surface area contributed by atoms with Crippen molar-refractivity contribution in [1.82, 2.24) is 15.0 Å². The minimum absolute atomic E-state index is 0.107. The number of benzene rings is 1. The number of halogens is 3. The van der Waals surface area contributed by atoms with Gasteiger partial charge in [0.15, 0.2) is 11.5 Å². The average molecular weight is 403 g/mol. The molecule has 1 amide bonds. The van der Waals surface area contributed by atoms with Crippen molar-refractivity contribution in [2.75, 3.05) is 0 Å². The van der Waals surface area contributed by atoms with E-state index in [-0.39, 0.29) is 17.1 Å². The summed E-state index contributed by atoms with van der Waals surface area (Å²) >= 11 is 0. The Bertz CT molecular complexity index is 1160. The van der Waals surface area contributed by atoms with Crippen LogP contribution in [0, 0.1) is 0 Å². The van der Waals surface area contributed by atoms with Crippen molar-refractivity contribution in [2.24, 2.45) is 10.7 Å². The maximum absolute atomic E-state index is 12.8. The van der Waals surface area contributed by atoms with E-state index < -0.39 is 40.5 Å². The number of pyridine rings is 1. The van der Waals surface area contributed by atoms with Gasteiger partial charge < -0.3 is 15.8 Å². The van der Waals surface area contributed by atoms with E-state index in [2.05, 4.69) is 19.9 Å². The van der Waals surface area contributed by atoms with Crippen LogP contribution in [0.15, 0.2) is 58.4 Å². The second-order valence-corrected chi connectivity index (χ2v) is 5.71. The third-order valence-electron chi connectivity index (χ3n) is 3.71. The summed E-state index contributed by atoms with van der Waals surface area (Å²) in [7, 11) is 0. The highest BCUT2D eigenvalue weighted by Gasteiger charge is 2.30. The molecule has 1 aromatic carbocycles. The second-order valence-electron chi connectivity index (χ2n) is 5.71. The van der Waals surface area contributed by atoms with Gasteiger partial charge in [-0.2, -0.15) is 18.2 Å². The summed E-state index contributed by atoms with van der Waals surface area (Å²) in [5.74, 6) is -2.86. The Balaban J connectivity index is 2.01. The number of H-pyrrole nitrogens is 1. The standard InChI is InChI=1S/C18H12F3N5O3/c19-18(20,21)10-5-3-4-9(8-10)14(22)25-16(28)12-13(27)17(29)26-15(24-12)11-6-1-2-7-23-11/h1-8,27H,(H2,22,25,28)(H,24,26,29). The number of amides is 1. The van der Waals surface area contributed by atoms with Crippen LogP contribution in [0.25, 0.3) is 11.5 Å². The predicted molar refractivity (Wildman–Crippen MR) is 96.3 cm³/mol. The lowest BCUT2D eigenvalue weighted by molar-refractivity contribution is -0.137. The van der Waals surface area contributed by atoms with Crippen molar-refractivity contribution in [3.63, 3.8) is 0 Å². The molecule has 2 heterocycles. The molecular weight excluding hydrogens is 391 g/mol. The van der Waals surface area contributed by atoms with Gasteiger partial charge in [0.25, 0.3) is 5.56 Å². The first-order valence-electron chi connectivity index (χ1n) is 7.97. The number of aromatic amines is 1. The molecule has 8 nitrogen and oxygen atoms in total. The molecule has 11 heteroatoms. The summed E-state index contributed by atoms with van der Waals surface area (Å²) in [6.07, 6.45) is -3.18. The first-order chi connectivity index (χ1) is 13.7. The molecule has 0 aliphatic heterocycles. The van der Waals surface area contributed by atoms with Crippen molar-refractivity contribution in [3.05, 3.63) is 75.8 Å². The molecule has 2 aromatic heterocycles. The van der Waals surface area contributed by atoms with E-state index in [1.807, 2.05) is 0 Å². The molecule has 29 heavy (non-hydrogen) atoms. The van der Waals surface area contributed by atoms with E-state index in [9.17, 15) is 27.9 Å². The zero-order valence-electron chi connectivity index (χ0n) is 14.4. The number of hydrogen-bond acceptors (Lipinski definition) is 5. The molecule has 0 unspecified atom stereocenters. The lowest BCUT2D eigenvalue weighted by atomic mass is 10.1. The minimum Gasteiger partial charge on any atom is -0.501 e. The molecule has 3 rings (SSSR count). The first-order valence-corrected chi connectivity index (χ1v) is 7.97. The van der Waals surface area contributed by atoms with Crippen LogP contribution in [0.3, 0.4) is 0 Å². The van der Waals surface area contributed by atoms with Gasteiger partial charge in [0.1, 0.15) is 11.5 Å². The van der Waals surface area contributed by atoms with Crippen LogP contribution in [0.4, 0.5) is 13.2 Å². The molecule has 0 aliphatic carbocycles. The van der Waals surface area contributed by atoms with Gasteiger partial charge in [0, 0.05) is 11.8 Å². The van der Waals surface area contributed by atoms with Crippen LogP contribution < -0.4 is 11.3 Å². The molecule has 0 saturated carbocycles. The quantitative estimate of drug-likeness (QED) is 0.453. The summed E-state index contributed by atoms with van der Waals surface area (Å²) in [5, 5.41) is 9.87. The molecule has 148 valence electrons. The number of nitrogens with two attached hydrogens (primary N) is 1. The molecule has 0 atom stereocenters. The molecule has 4 N–H and O–H groups in total. The summed E-state index contributed by atoms with van der Waals surface area (Å²) in [4.78, 5) is 37.8. The number of rotatable bonds is 3. The van der Waals surface area contributed by atoms with E-state index >= 15 is 0 Å². The van der Waals surface area contributed by atoms with Crippen molar-refractivity contribution < 1.29 is 23.1 Å². The SMILES string of the molecule is NC(=NC(=O)c1nc(-c2ccccn2)[nH]c(=O)c1O)c1cccc(C(F)(F)F)c1. The molecule has 0 bridgehead atoms. The number of hydrogen-bond donors (Lipinski definition) is 3. The van der Waals surface area contributed by atoms with E-state index in [0.29, 0.717) is 0 Å². The normalized spacial score (nSPS) is 12.0. The number of carbonyl (C=O) groups is 1. The molecule has 3 aromatic rings.